The second kappa shape index (κ2) is 6.80. The summed E-state index contributed by atoms with van der Waals surface area (Å²) in [6, 6.07) is 10.5. The minimum absolute atomic E-state index is 0.0781. The average molecular weight is 374 g/mol. The van der Waals surface area contributed by atoms with Crippen LogP contribution in [0.4, 0.5) is 10.5 Å². The number of hydrogen-bond acceptors (Lipinski definition) is 5. The van der Waals surface area contributed by atoms with Gasteiger partial charge in [-0.2, -0.15) is 0 Å². The quantitative estimate of drug-likeness (QED) is 0.654. The van der Waals surface area contributed by atoms with Gasteiger partial charge in [-0.15, -0.1) is 0 Å². The molecule has 0 unspecified atom stereocenters. The number of rotatable bonds is 4. The summed E-state index contributed by atoms with van der Waals surface area (Å²) < 4.78 is 28.5. The summed E-state index contributed by atoms with van der Waals surface area (Å²) in [5.41, 5.74) is 1.81. The molecule has 0 atom stereocenters. The first-order valence-electron chi connectivity index (χ1n) is 7.94. The van der Waals surface area contributed by atoms with Crippen molar-refractivity contribution in [1.82, 2.24) is 5.32 Å². The zero-order chi connectivity index (χ0) is 18.9. The lowest BCUT2D eigenvalue weighted by atomic mass is 10.1. The number of sulfone groups is 1. The molecular weight excluding hydrogens is 356 g/mol. The first-order chi connectivity index (χ1) is 12.3. The number of carbonyl (C=O) groups is 2. The third-order valence-electron chi connectivity index (χ3n) is 4.02. The van der Waals surface area contributed by atoms with Gasteiger partial charge in [-0.3, -0.25) is 4.90 Å². The number of amides is 2. The highest BCUT2D eigenvalue weighted by Crippen LogP contribution is 2.24. The Kier molecular flexibility index (Phi) is 4.69. The van der Waals surface area contributed by atoms with Crippen molar-refractivity contribution >= 4 is 27.5 Å². The van der Waals surface area contributed by atoms with E-state index in [-0.39, 0.29) is 16.7 Å². The van der Waals surface area contributed by atoms with Crippen LogP contribution in [0.25, 0.3) is 0 Å². The Morgan fingerprint density at radius 3 is 2.58 bits per heavy atom. The van der Waals surface area contributed by atoms with Gasteiger partial charge in [0.05, 0.1) is 10.5 Å². The van der Waals surface area contributed by atoms with Crippen molar-refractivity contribution in [2.75, 3.05) is 24.2 Å². The third-order valence-corrected chi connectivity index (χ3v) is 5.13. The Labute approximate surface area is 151 Å². The molecule has 2 aromatic rings. The molecule has 1 fully saturated rings. The Bertz CT molecular complexity index is 985. The molecule has 0 aliphatic carbocycles. The van der Waals surface area contributed by atoms with Gasteiger partial charge < -0.3 is 10.1 Å². The second-order valence-electron chi connectivity index (χ2n) is 6.02. The van der Waals surface area contributed by atoms with E-state index in [1.54, 1.807) is 23.1 Å². The van der Waals surface area contributed by atoms with E-state index < -0.39 is 15.8 Å². The highest BCUT2D eigenvalue weighted by atomic mass is 32.2. The fourth-order valence-corrected chi connectivity index (χ4v) is 3.38. The summed E-state index contributed by atoms with van der Waals surface area (Å²) >= 11 is 0. The summed E-state index contributed by atoms with van der Waals surface area (Å²) in [6.07, 6.45) is 1.09. The van der Waals surface area contributed by atoms with Crippen LogP contribution in [-0.4, -0.2) is 39.8 Å². The molecule has 0 aromatic heterocycles. The molecule has 1 saturated heterocycles. The van der Waals surface area contributed by atoms with Gasteiger partial charge >= 0.3 is 12.0 Å². The Morgan fingerprint density at radius 2 is 1.96 bits per heavy atom. The lowest BCUT2D eigenvalue weighted by Crippen LogP contribution is -2.28. The number of hydrogen-bond donors (Lipinski definition) is 1. The van der Waals surface area contributed by atoms with Crippen LogP contribution in [-0.2, 0) is 9.84 Å². The fraction of sp³-hybridized carbons (Fsp3) is 0.222. The SMILES string of the molecule is Cc1cc(C(=O)Oc2cccc(S(C)(=O)=O)c2)ccc1N1CCNC1=O. The van der Waals surface area contributed by atoms with Gasteiger partial charge in [0.15, 0.2) is 9.84 Å². The maximum Gasteiger partial charge on any atom is 0.343 e. The van der Waals surface area contributed by atoms with E-state index in [9.17, 15) is 18.0 Å². The van der Waals surface area contributed by atoms with E-state index in [1.165, 1.54) is 24.3 Å². The van der Waals surface area contributed by atoms with Crippen LogP contribution in [0.3, 0.4) is 0 Å². The summed E-state index contributed by atoms with van der Waals surface area (Å²) in [7, 11) is -3.39. The first kappa shape index (κ1) is 17.9. The number of aryl methyl sites for hydroxylation is 1. The monoisotopic (exact) mass is 374 g/mol. The summed E-state index contributed by atoms with van der Waals surface area (Å²) in [6.45, 7) is 2.96. The minimum Gasteiger partial charge on any atom is -0.423 e. The van der Waals surface area contributed by atoms with E-state index in [0.29, 0.717) is 18.7 Å². The summed E-state index contributed by atoms with van der Waals surface area (Å²) in [4.78, 5) is 25.8. The number of nitrogens with one attached hydrogen (secondary N) is 1. The molecule has 2 amide bonds. The molecule has 0 bridgehead atoms. The van der Waals surface area contributed by atoms with Gasteiger partial charge in [0.25, 0.3) is 0 Å². The number of ether oxygens (including phenoxy) is 1. The molecule has 1 N–H and O–H groups in total. The summed E-state index contributed by atoms with van der Waals surface area (Å²) in [5, 5.41) is 2.73. The van der Waals surface area contributed by atoms with Crippen molar-refractivity contribution in [3.8, 4) is 5.75 Å². The molecule has 26 heavy (non-hydrogen) atoms. The van der Waals surface area contributed by atoms with Crippen LogP contribution in [0.15, 0.2) is 47.4 Å². The molecule has 1 heterocycles. The van der Waals surface area contributed by atoms with Crippen molar-refractivity contribution in [2.24, 2.45) is 0 Å². The fourth-order valence-electron chi connectivity index (χ4n) is 2.72. The van der Waals surface area contributed by atoms with Crippen LogP contribution >= 0.6 is 0 Å². The molecule has 0 spiro atoms. The topological polar surface area (TPSA) is 92.8 Å². The van der Waals surface area contributed by atoms with Crippen molar-refractivity contribution < 1.29 is 22.7 Å². The predicted octanol–water partition coefficient (Wildman–Crippen LogP) is 2.15. The van der Waals surface area contributed by atoms with Crippen LogP contribution in [0.5, 0.6) is 5.75 Å². The molecule has 3 rings (SSSR count). The van der Waals surface area contributed by atoms with Crippen molar-refractivity contribution in [1.29, 1.82) is 0 Å². The highest BCUT2D eigenvalue weighted by Gasteiger charge is 2.23. The molecule has 8 heteroatoms. The molecule has 2 aromatic carbocycles. The molecule has 1 aliphatic rings. The number of esters is 1. The highest BCUT2D eigenvalue weighted by molar-refractivity contribution is 7.90. The molecule has 0 saturated carbocycles. The van der Waals surface area contributed by atoms with Gasteiger partial charge in [-0.05, 0) is 48.9 Å². The Hall–Kier alpha value is -2.87. The van der Waals surface area contributed by atoms with Gasteiger partial charge in [-0.25, -0.2) is 18.0 Å². The summed E-state index contributed by atoms with van der Waals surface area (Å²) in [5.74, 6) is -0.449. The van der Waals surface area contributed by atoms with E-state index in [4.69, 9.17) is 4.74 Å². The third kappa shape index (κ3) is 3.70. The number of benzene rings is 2. The molecule has 0 radical (unpaired) electrons. The van der Waals surface area contributed by atoms with Crippen molar-refractivity contribution in [2.45, 2.75) is 11.8 Å². The number of urea groups is 1. The smallest absolute Gasteiger partial charge is 0.343 e. The van der Waals surface area contributed by atoms with Crippen molar-refractivity contribution in [3.63, 3.8) is 0 Å². The molecular formula is C18H18N2O5S. The van der Waals surface area contributed by atoms with E-state index >= 15 is 0 Å². The first-order valence-corrected chi connectivity index (χ1v) is 9.83. The molecule has 1 aliphatic heterocycles. The normalized spacial score (nSPS) is 14.2. The maximum absolute atomic E-state index is 12.4. The number of carbonyl (C=O) groups excluding carboxylic acids is 2. The Morgan fingerprint density at radius 1 is 1.19 bits per heavy atom. The van der Waals surface area contributed by atoms with E-state index in [0.717, 1.165) is 17.5 Å². The zero-order valence-corrected chi connectivity index (χ0v) is 15.2. The van der Waals surface area contributed by atoms with E-state index in [1.807, 2.05) is 6.92 Å². The van der Waals surface area contributed by atoms with Crippen LogP contribution < -0.4 is 15.0 Å². The Balaban J connectivity index is 1.80. The number of nitrogens with zero attached hydrogens (tertiary/aromatic N) is 1. The number of anilines is 1. The van der Waals surface area contributed by atoms with Gasteiger partial charge in [-0.1, -0.05) is 6.07 Å². The zero-order valence-electron chi connectivity index (χ0n) is 14.4. The standard InChI is InChI=1S/C18H18N2O5S/c1-12-10-13(6-7-16(12)20-9-8-19-18(20)22)17(21)25-14-4-3-5-15(11-14)26(2,23)24/h3-7,10-11H,8-9H2,1-2H3,(H,19,22). The van der Waals surface area contributed by atoms with Crippen LogP contribution in [0, 0.1) is 6.92 Å². The second-order valence-corrected chi connectivity index (χ2v) is 8.04. The predicted molar refractivity (Wildman–Crippen MR) is 96.4 cm³/mol. The molecule has 136 valence electrons. The minimum atomic E-state index is -3.39. The van der Waals surface area contributed by atoms with Gasteiger partial charge in [0, 0.05) is 25.0 Å². The van der Waals surface area contributed by atoms with E-state index in [2.05, 4.69) is 5.32 Å². The van der Waals surface area contributed by atoms with Crippen molar-refractivity contribution in [3.05, 3.63) is 53.6 Å². The van der Waals surface area contributed by atoms with Crippen LogP contribution in [0.1, 0.15) is 15.9 Å². The largest absolute Gasteiger partial charge is 0.423 e. The molecule has 7 nitrogen and oxygen atoms in total. The van der Waals surface area contributed by atoms with Crippen LogP contribution in [0.2, 0.25) is 0 Å². The average Bonchev–Trinajstić information content (AvgIpc) is 3.00. The lowest BCUT2D eigenvalue weighted by molar-refractivity contribution is 0.0734. The van der Waals surface area contributed by atoms with Gasteiger partial charge in [0.2, 0.25) is 0 Å². The van der Waals surface area contributed by atoms with Gasteiger partial charge in [0.1, 0.15) is 5.75 Å². The maximum atomic E-state index is 12.4. The lowest BCUT2D eigenvalue weighted by Gasteiger charge is -2.17.